The molecule has 2 heterocycles. The van der Waals surface area contributed by atoms with Gasteiger partial charge in [0.1, 0.15) is 5.01 Å². The zero-order valence-electron chi connectivity index (χ0n) is 14.6. The van der Waals surface area contributed by atoms with Crippen LogP contribution in [0, 0.1) is 0 Å². The van der Waals surface area contributed by atoms with Crippen molar-refractivity contribution in [2.75, 3.05) is 13.7 Å². The summed E-state index contributed by atoms with van der Waals surface area (Å²) in [7, 11) is 1.68. The number of likely N-dealkylation sites (N-methyl/N-ethyl adjacent to an activating group) is 1. The molecule has 0 aliphatic carbocycles. The van der Waals surface area contributed by atoms with Gasteiger partial charge < -0.3 is 9.64 Å². The molecule has 1 aromatic carbocycles. The number of nitrogens with zero attached hydrogens (tertiary/aromatic N) is 4. The molecule has 0 spiro atoms. The van der Waals surface area contributed by atoms with Gasteiger partial charge in [0, 0.05) is 7.05 Å². The molecule has 0 saturated heterocycles. The molecule has 0 bridgehead atoms. The van der Waals surface area contributed by atoms with Gasteiger partial charge in [-0.25, -0.2) is 9.78 Å². The van der Waals surface area contributed by atoms with Crippen molar-refractivity contribution in [1.29, 1.82) is 0 Å². The molecule has 9 heteroatoms. The molecule has 3 rings (SSSR count). The molecule has 0 unspecified atom stereocenters. The van der Waals surface area contributed by atoms with Crippen LogP contribution in [0.4, 0.5) is 0 Å². The van der Waals surface area contributed by atoms with E-state index in [0.717, 1.165) is 26.8 Å². The molecule has 1 amide bonds. The van der Waals surface area contributed by atoms with Crippen molar-refractivity contribution >= 4 is 45.0 Å². The van der Waals surface area contributed by atoms with Crippen LogP contribution in [0.3, 0.4) is 0 Å². The zero-order chi connectivity index (χ0) is 18.7. The van der Waals surface area contributed by atoms with Crippen LogP contribution in [0.15, 0.2) is 24.3 Å². The molecule has 1 atom stereocenters. The molecule has 0 N–H and O–H groups in total. The lowest BCUT2D eigenvalue weighted by molar-refractivity contribution is -0.135. The number of esters is 1. The van der Waals surface area contributed by atoms with E-state index >= 15 is 0 Å². The SMILES string of the molecule is CCc1nnsc1C(=O)OCC(=O)N(C)[C@@H](C)c1nc2ccccc2s1. The van der Waals surface area contributed by atoms with Gasteiger partial charge >= 0.3 is 5.97 Å². The van der Waals surface area contributed by atoms with Gasteiger partial charge in [0.05, 0.1) is 22.0 Å². The molecule has 0 aliphatic rings. The Bertz CT molecular complexity index is 904. The Morgan fingerprint density at radius 3 is 2.81 bits per heavy atom. The Kier molecular flexibility index (Phi) is 5.58. The van der Waals surface area contributed by atoms with E-state index in [0.29, 0.717) is 17.0 Å². The first-order chi connectivity index (χ1) is 12.5. The minimum Gasteiger partial charge on any atom is -0.451 e. The summed E-state index contributed by atoms with van der Waals surface area (Å²) in [5, 5.41) is 4.71. The minimum absolute atomic E-state index is 0.213. The van der Waals surface area contributed by atoms with Gasteiger partial charge in [-0.3, -0.25) is 4.79 Å². The standard InChI is InChI=1S/C17H18N4O3S2/c1-4-11-15(26-20-19-11)17(23)24-9-14(22)21(3)10(2)16-18-12-7-5-6-8-13(12)25-16/h5-8,10H,4,9H2,1-3H3/t10-/m0/s1. The number of amides is 1. The molecular formula is C17H18N4O3S2. The highest BCUT2D eigenvalue weighted by Gasteiger charge is 2.23. The monoisotopic (exact) mass is 390 g/mol. The number of para-hydroxylation sites is 1. The van der Waals surface area contributed by atoms with E-state index in [9.17, 15) is 9.59 Å². The predicted octanol–water partition coefficient (Wildman–Crippen LogP) is 3.09. The molecule has 0 saturated carbocycles. The Morgan fingerprint density at radius 1 is 1.31 bits per heavy atom. The summed E-state index contributed by atoms with van der Waals surface area (Å²) in [5.74, 6) is -0.855. The minimum atomic E-state index is -0.564. The highest BCUT2D eigenvalue weighted by molar-refractivity contribution is 7.18. The van der Waals surface area contributed by atoms with Gasteiger partial charge in [-0.2, -0.15) is 0 Å². The van der Waals surface area contributed by atoms with Crippen LogP contribution < -0.4 is 0 Å². The van der Waals surface area contributed by atoms with E-state index in [1.54, 1.807) is 18.4 Å². The second-order valence-corrected chi connectivity index (χ2v) is 7.50. The summed E-state index contributed by atoms with van der Waals surface area (Å²) in [6.07, 6.45) is 0.587. The van der Waals surface area contributed by atoms with Crippen molar-refractivity contribution in [2.24, 2.45) is 0 Å². The topological polar surface area (TPSA) is 85.3 Å². The van der Waals surface area contributed by atoms with Gasteiger partial charge in [0.2, 0.25) is 0 Å². The van der Waals surface area contributed by atoms with Gasteiger partial charge in [-0.15, -0.1) is 16.4 Å². The predicted molar refractivity (Wildman–Crippen MR) is 100 cm³/mol. The van der Waals surface area contributed by atoms with E-state index in [1.807, 2.05) is 38.1 Å². The lowest BCUT2D eigenvalue weighted by Crippen LogP contribution is -2.33. The maximum atomic E-state index is 12.4. The van der Waals surface area contributed by atoms with Crippen LogP contribution >= 0.6 is 22.9 Å². The summed E-state index contributed by atoms with van der Waals surface area (Å²) in [6, 6.07) is 7.63. The van der Waals surface area contributed by atoms with Crippen molar-refractivity contribution in [3.63, 3.8) is 0 Å². The smallest absolute Gasteiger partial charge is 0.352 e. The Labute approximate surface area is 158 Å². The number of benzene rings is 1. The van der Waals surface area contributed by atoms with E-state index < -0.39 is 5.97 Å². The molecular weight excluding hydrogens is 372 g/mol. The molecule has 0 aliphatic heterocycles. The normalized spacial score (nSPS) is 12.1. The van der Waals surface area contributed by atoms with Crippen molar-refractivity contribution < 1.29 is 14.3 Å². The van der Waals surface area contributed by atoms with Crippen LogP contribution in [0.2, 0.25) is 0 Å². The second-order valence-electron chi connectivity index (χ2n) is 5.68. The maximum Gasteiger partial charge on any atom is 0.352 e. The molecule has 0 radical (unpaired) electrons. The summed E-state index contributed by atoms with van der Waals surface area (Å²) >= 11 is 2.53. The third kappa shape index (κ3) is 3.73. The maximum absolute atomic E-state index is 12.4. The fourth-order valence-corrected chi connectivity index (χ4v) is 4.05. The van der Waals surface area contributed by atoms with E-state index in [-0.39, 0.29) is 18.6 Å². The highest BCUT2D eigenvalue weighted by atomic mass is 32.1. The fraction of sp³-hybridized carbons (Fsp3) is 0.353. The first-order valence-electron chi connectivity index (χ1n) is 8.10. The van der Waals surface area contributed by atoms with Crippen LogP contribution in [-0.2, 0) is 16.0 Å². The number of hydrogen-bond acceptors (Lipinski definition) is 8. The first-order valence-corrected chi connectivity index (χ1v) is 9.69. The highest BCUT2D eigenvalue weighted by Crippen LogP contribution is 2.28. The van der Waals surface area contributed by atoms with Crippen LogP contribution in [0.25, 0.3) is 10.2 Å². The molecule has 2 aromatic heterocycles. The van der Waals surface area contributed by atoms with Gasteiger partial charge in [0.25, 0.3) is 5.91 Å². The average molecular weight is 390 g/mol. The number of ether oxygens (including phenoxy) is 1. The lowest BCUT2D eigenvalue weighted by Gasteiger charge is -2.22. The number of thiazole rings is 1. The van der Waals surface area contributed by atoms with Crippen molar-refractivity contribution in [2.45, 2.75) is 26.3 Å². The Hall–Kier alpha value is -2.39. The van der Waals surface area contributed by atoms with Gasteiger partial charge in [-0.1, -0.05) is 23.5 Å². The van der Waals surface area contributed by atoms with Crippen molar-refractivity contribution in [3.05, 3.63) is 39.8 Å². The van der Waals surface area contributed by atoms with Crippen LogP contribution in [-0.4, -0.2) is 45.0 Å². The third-order valence-corrected chi connectivity index (χ3v) is 6.00. The molecule has 0 fully saturated rings. The largest absolute Gasteiger partial charge is 0.451 e. The van der Waals surface area contributed by atoms with Crippen LogP contribution in [0.5, 0.6) is 0 Å². The molecule has 7 nitrogen and oxygen atoms in total. The van der Waals surface area contributed by atoms with Gasteiger partial charge in [-0.05, 0) is 37.0 Å². The number of aryl methyl sites for hydroxylation is 1. The fourth-order valence-electron chi connectivity index (χ4n) is 2.34. The number of fused-ring (bicyclic) bond motifs is 1. The van der Waals surface area contributed by atoms with E-state index in [2.05, 4.69) is 14.6 Å². The quantitative estimate of drug-likeness (QED) is 0.601. The molecule has 26 heavy (non-hydrogen) atoms. The Balaban J connectivity index is 1.62. The van der Waals surface area contributed by atoms with Crippen LogP contribution in [0.1, 0.15) is 40.3 Å². The summed E-state index contributed by atoms with van der Waals surface area (Å²) in [6.45, 7) is 3.46. The molecule has 3 aromatic rings. The number of hydrogen-bond donors (Lipinski definition) is 0. The zero-order valence-corrected chi connectivity index (χ0v) is 16.3. The number of aromatic nitrogens is 3. The number of carbonyl (C=O) groups excluding carboxylic acids is 2. The number of carbonyl (C=O) groups is 2. The lowest BCUT2D eigenvalue weighted by atomic mass is 10.3. The third-order valence-electron chi connectivity index (χ3n) is 4.04. The van der Waals surface area contributed by atoms with Crippen molar-refractivity contribution in [1.82, 2.24) is 19.5 Å². The first kappa shape index (κ1) is 18.4. The van der Waals surface area contributed by atoms with Crippen molar-refractivity contribution in [3.8, 4) is 0 Å². The van der Waals surface area contributed by atoms with E-state index in [1.165, 1.54) is 4.90 Å². The summed E-state index contributed by atoms with van der Waals surface area (Å²) in [5.41, 5.74) is 1.50. The summed E-state index contributed by atoms with van der Waals surface area (Å²) in [4.78, 5) is 31.0. The average Bonchev–Trinajstić information content (AvgIpc) is 3.30. The summed E-state index contributed by atoms with van der Waals surface area (Å²) < 4.78 is 9.97. The van der Waals surface area contributed by atoms with E-state index in [4.69, 9.17) is 4.74 Å². The molecule has 136 valence electrons. The second kappa shape index (κ2) is 7.88. The Morgan fingerprint density at radius 2 is 2.08 bits per heavy atom. The number of rotatable bonds is 6. The van der Waals surface area contributed by atoms with Gasteiger partial charge in [0.15, 0.2) is 11.5 Å².